The fraction of sp³-hybridized carbons (Fsp3) is 0.600. The third-order valence-corrected chi connectivity index (χ3v) is 2.42. The van der Waals surface area contributed by atoms with Crippen LogP contribution in [0.3, 0.4) is 0 Å². The van der Waals surface area contributed by atoms with E-state index in [0.717, 1.165) is 12.8 Å². The van der Waals surface area contributed by atoms with E-state index in [2.05, 4.69) is 20.1 Å². The highest BCUT2D eigenvalue weighted by Gasteiger charge is 2.28. The fourth-order valence-electron chi connectivity index (χ4n) is 1.28. The average molecular weight is 154 g/mol. The largest absolute Gasteiger partial charge is 0.393 e. The lowest BCUT2D eigenvalue weighted by Crippen LogP contribution is -2.29. The SMILES string of the molecule is C=CCC(C=C)(CC)C(C)O. The summed E-state index contributed by atoms with van der Waals surface area (Å²) in [5, 5.41) is 9.47. The minimum absolute atomic E-state index is 0.165. The Kier molecular flexibility index (Phi) is 4.12. The molecule has 1 heteroatoms. The quantitative estimate of drug-likeness (QED) is 0.603. The Morgan fingerprint density at radius 3 is 2.18 bits per heavy atom. The summed E-state index contributed by atoms with van der Waals surface area (Å²) in [6, 6.07) is 0. The third-order valence-electron chi connectivity index (χ3n) is 2.42. The highest BCUT2D eigenvalue weighted by Crippen LogP contribution is 2.32. The highest BCUT2D eigenvalue weighted by molar-refractivity contribution is 5.01. The molecule has 2 atom stereocenters. The van der Waals surface area contributed by atoms with E-state index in [-0.39, 0.29) is 11.5 Å². The van der Waals surface area contributed by atoms with Crippen LogP contribution in [0.4, 0.5) is 0 Å². The lowest BCUT2D eigenvalue weighted by molar-refractivity contribution is 0.0735. The maximum Gasteiger partial charge on any atom is 0.0605 e. The van der Waals surface area contributed by atoms with Crippen molar-refractivity contribution in [2.75, 3.05) is 0 Å². The van der Waals surface area contributed by atoms with Gasteiger partial charge in [-0.25, -0.2) is 0 Å². The van der Waals surface area contributed by atoms with Gasteiger partial charge in [-0.1, -0.05) is 19.1 Å². The van der Waals surface area contributed by atoms with E-state index in [0.29, 0.717) is 0 Å². The molecule has 1 nitrogen and oxygen atoms in total. The first-order valence-electron chi connectivity index (χ1n) is 4.05. The topological polar surface area (TPSA) is 20.2 Å². The van der Waals surface area contributed by atoms with Gasteiger partial charge in [-0.15, -0.1) is 13.2 Å². The van der Waals surface area contributed by atoms with Crippen LogP contribution in [0.1, 0.15) is 26.7 Å². The molecule has 0 saturated carbocycles. The van der Waals surface area contributed by atoms with Crippen molar-refractivity contribution < 1.29 is 5.11 Å². The average Bonchev–Trinajstić information content (AvgIpc) is 2.00. The summed E-state index contributed by atoms with van der Waals surface area (Å²) in [5.41, 5.74) is -0.165. The molecule has 0 spiro atoms. The molecule has 0 heterocycles. The molecular weight excluding hydrogens is 136 g/mol. The van der Waals surface area contributed by atoms with Crippen LogP contribution >= 0.6 is 0 Å². The molecule has 11 heavy (non-hydrogen) atoms. The van der Waals surface area contributed by atoms with Crippen LogP contribution in [0.25, 0.3) is 0 Å². The normalized spacial score (nSPS) is 18.5. The van der Waals surface area contributed by atoms with E-state index in [1.807, 2.05) is 12.2 Å². The second-order valence-electron chi connectivity index (χ2n) is 2.96. The summed E-state index contributed by atoms with van der Waals surface area (Å²) in [6.45, 7) is 11.3. The number of allylic oxidation sites excluding steroid dienone is 1. The summed E-state index contributed by atoms with van der Waals surface area (Å²) < 4.78 is 0. The summed E-state index contributed by atoms with van der Waals surface area (Å²) >= 11 is 0. The molecule has 2 unspecified atom stereocenters. The number of aliphatic hydroxyl groups is 1. The maximum absolute atomic E-state index is 9.47. The van der Waals surface area contributed by atoms with Crippen molar-refractivity contribution in [2.24, 2.45) is 5.41 Å². The van der Waals surface area contributed by atoms with Gasteiger partial charge in [0.05, 0.1) is 6.10 Å². The zero-order chi connectivity index (χ0) is 8.91. The van der Waals surface area contributed by atoms with Crippen molar-refractivity contribution in [3.8, 4) is 0 Å². The Bertz CT molecular complexity index is 138. The van der Waals surface area contributed by atoms with Gasteiger partial charge in [-0.05, 0) is 19.8 Å². The molecule has 0 aromatic heterocycles. The van der Waals surface area contributed by atoms with Crippen molar-refractivity contribution >= 4 is 0 Å². The molecule has 0 fully saturated rings. The van der Waals surface area contributed by atoms with E-state index in [9.17, 15) is 5.11 Å². The third kappa shape index (κ3) is 2.19. The predicted octanol–water partition coefficient (Wildman–Crippen LogP) is 2.53. The molecule has 0 amide bonds. The van der Waals surface area contributed by atoms with Crippen molar-refractivity contribution in [3.05, 3.63) is 25.3 Å². The van der Waals surface area contributed by atoms with Crippen LogP contribution in [0, 0.1) is 5.41 Å². The number of aliphatic hydroxyl groups excluding tert-OH is 1. The minimum Gasteiger partial charge on any atom is -0.393 e. The van der Waals surface area contributed by atoms with Crippen LogP contribution in [-0.2, 0) is 0 Å². The molecule has 0 aliphatic rings. The minimum atomic E-state index is -0.344. The van der Waals surface area contributed by atoms with Gasteiger partial charge >= 0.3 is 0 Å². The van der Waals surface area contributed by atoms with Gasteiger partial charge < -0.3 is 5.11 Å². The molecule has 0 radical (unpaired) electrons. The van der Waals surface area contributed by atoms with Crippen molar-refractivity contribution in [1.82, 2.24) is 0 Å². The number of hydrogen-bond donors (Lipinski definition) is 1. The smallest absolute Gasteiger partial charge is 0.0605 e. The van der Waals surface area contributed by atoms with Gasteiger partial charge in [0.25, 0.3) is 0 Å². The Balaban J connectivity index is 4.44. The molecule has 0 aromatic rings. The monoisotopic (exact) mass is 154 g/mol. The Morgan fingerprint density at radius 2 is 2.09 bits per heavy atom. The van der Waals surface area contributed by atoms with Gasteiger partial charge in [-0.2, -0.15) is 0 Å². The number of hydrogen-bond acceptors (Lipinski definition) is 1. The molecule has 0 saturated heterocycles. The zero-order valence-electron chi connectivity index (χ0n) is 7.51. The molecule has 64 valence electrons. The van der Waals surface area contributed by atoms with Crippen molar-refractivity contribution in [2.45, 2.75) is 32.8 Å². The molecule has 0 aliphatic carbocycles. The Hall–Kier alpha value is -0.560. The van der Waals surface area contributed by atoms with Gasteiger partial charge in [0, 0.05) is 5.41 Å². The van der Waals surface area contributed by atoms with Crippen LogP contribution in [-0.4, -0.2) is 11.2 Å². The highest BCUT2D eigenvalue weighted by atomic mass is 16.3. The van der Waals surface area contributed by atoms with Crippen molar-refractivity contribution in [1.29, 1.82) is 0 Å². The van der Waals surface area contributed by atoms with Crippen molar-refractivity contribution in [3.63, 3.8) is 0 Å². The summed E-state index contributed by atoms with van der Waals surface area (Å²) in [7, 11) is 0. The summed E-state index contributed by atoms with van der Waals surface area (Å²) in [6.07, 6.45) is 5.02. The first-order valence-corrected chi connectivity index (χ1v) is 4.05. The molecule has 0 aromatic carbocycles. The molecular formula is C10H18O. The number of rotatable bonds is 5. The Morgan fingerprint density at radius 1 is 1.55 bits per heavy atom. The van der Waals surface area contributed by atoms with Gasteiger partial charge in [0.15, 0.2) is 0 Å². The van der Waals surface area contributed by atoms with Gasteiger partial charge in [0.2, 0.25) is 0 Å². The van der Waals surface area contributed by atoms with Crippen LogP contribution in [0.2, 0.25) is 0 Å². The first-order chi connectivity index (χ1) is 5.13. The zero-order valence-corrected chi connectivity index (χ0v) is 7.51. The van der Waals surface area contributed by atoms with E-state index < -0.39 is 0 Å². The maximum atomic E-state index is 9.47. The van der Waals surface area contributed by atoms with Crippen LogP contribution in [0.15, 0.2) is 25.3 Å². The van der Waals surface area contributed by atoms with Crippen LogP contribution < -0.4 is 0 Å². The second-order valence-corrected chi connectivity index (χ2v) is 2.96. The Labute approximate surface area is 69.4 Å². The molecule has 0 bridgehead atoms. The predicted molar refractivity (Wildman–Crippen MR) is 49.4 cm³/mol. The fourth-order valence-corrected chi connectivity index (χ4v) is 1.28. The summed E-state index contributed by atoms with van der Waals surface area (Å²) in [5.74, 6) is 0. The summed E-state index contributed by atoms with van der Waals surface area (Å²) in [4.78, 5) is 0. The van der Waals surface area contributed by atoms with E-state index in [1.165, 1.54) is 0 Å². The van der Waals surface area contributed by atoms with Gasteiger partial charge in [-0.3, -0.25) is 0 Å². The molecule has 0 aliphatic heterocycles. The lowest BCUT2D eigenvalue weighted by atomic mass is 9.77. The van der Waals surface area contributed by atoms with Crippen LogP contribution in [0.5, 0.6) is 0 Å². The second kappa shape index (κ2) is 4.35. The lowest BCUT2D eigenvalue weighted by Gasteiger charge is -2.31. The molecule has 0 rings (SSSR count). The van der Waals surface area contributed by atoms with E-state index in [4.69, 9.17) is 0 Å². The molecule has 1 N–H and O–H groups in total. The standard InChI is InChI=1S/C10H18O/c1-5-8-10(6-2,7-3)9(4)11/h5-6,9,11H,1-2,7-8H2,3-4H3. The van der Waals surface area contributed by atoms with E-state index >= 15 is 0 Å². The first kappa shape index (κ1) is 10.4. The van der Waals surface area contributed by atoms with E-state index in [1.54, 1.807) is 6.92 Å². The van der Waals surface area contributed by atoms with Gasteiger partial charge in [0.1, 0.15) is 0 Å².